The molecular formula is C14H23N3O2. The summed E-state index contributed by atoms with van der Waals surface area (Å²) >= 11 is 0. The zero-order valence-corrected chi connectivity index (χ0v) is 11.5. The van der Waals surface area contributed by atoms with E-state index in [1.54, 1.807) is 0 Å². The molecule has 3 N–H and O–H groups in total. The third kappa shape index (κ3) is 3.56. The van der Waals surface area contributed by atoms with Crippen LogP contribution in [0.1, 0.15) is 32.6 Å². The van der Waals surface area contributed by atoms with Crippen molar-refractivity contribution in [3.05, 3.63) is 12.2 Å². The molecule has 2 atom stereocenters. The lowest BCUT2D eigenvalue weighted by Crippen LogP contribution is -2.47. The van der Waals surface area contributed by atoms with Crippen molar-refractivity contribution in [1.82, 2.24) is 10.2 Å². The number of amides is 2. The minimum atomic E-state index is -0.0446. The van der Waals surface area contributed by atoms with E-state index in [0.29, 0.717) is 6.42 Å². The van der Waals surface area contributed by atoms with Crippen LogP contribution < -0.4 is 11.1 Å². The molecular weight excluding hydrogens is 242 g/mol. The topological polar surface area (TPSA) is 75.4 Å². The number of nitrogens with one attached hydrogen (secondary N) is 1. The molecule has 5 nitrogen and oxygen atoms in total. The van der Waals surface area contributed by atoms with Crippen molar-refractivity contribution < 1.29 is 9.59 Å². The summed E-state index contributed by atoms with van der Waals surface area (Å²) in [7, 11) is 0. The van der Waals surface area contributed by atoms with Gasteiger partial charge in [0.05, 0.1) is 5.92 Å². The summed E-state index contributed by atoms with van der Waals surface area (Å²) in [5, 5.41) is 2.99. The number of rotatable bonds is 3. The van der Waals surface area contributed by atoms with Gasteiger partial charge in [-0.2, -0.15) is 0 Å². The molecule has 2 amide bonds. The van der Waals surface area contributed by atoms with E-state index in [0.717, 1.165) is 32.4 Å². The number of likely N-dealkylation sites (tertiary alicyclic amines) is 1. The quantitative estimate of drug-likeness (QED) is 0.726. The van der Waals surface area contributed by atoms with E-state index in [1.165, 1.54) is 0 Å². The molecule has 0 aromatic heterocycles. The van der Waals surface area contributed by atoms with Crippen LogP contribution in [0.2, 0.25) is 0 Å². The molecule has 0 spiro atoms. The first-order valence-corrected chi connectivity index (χ1v) is 7.12. The average molecular weight is 265 g/mol. The van der Waals surface area contributed by atoms with E-state index in [-0.39, 0.29) is 29.8 Å². The number of nitrogens with two attached hydrogens (primary N) is 1. The van der Waals surface area contributed by atoms with E-state index < -0.39 is 0 Å². The maximum atomic E-state index is 12.3. The average Bonchev–Trinajstić information content (AvgIpc) is 2.85. The van der Waals surface area contributed by atoms with Crippen molar-refractivity contribution in [3.8, 4) is 0 Å². The van der Waals surface area contributed by atoms with Crippen LogP contribution >= 0.6 is 0 Å². The van der Waals surface area contributed by atoms with Gasteiger partial charge in [-0.15, -0.1) is 0 Å². The Hall–Kier alpha value is -1.36. The highest BCUT2D eigenvalue weighted by atomic mass is 16.2. The van der Waals surface area contributed by atoms with Crippen molar-refractivity contribution >= 4 is 11.8 Å². The van der Waals surface area contributed by atoms with Gasteiger partial charge in [0.2, 0.25) is 11.8 Å². The maximum Gasteiger partial charge on any atom is 0.229 e. The van der Waals surface area contributed by atoms with Crippen molar-refractivity contribution in [3.63, 3.8) is 0 Å². The SMILES string of the molecule is CCC(=O)NC1CCN(C(=O)C2C=CC(N)C2)CC1. The molecule has 106 valence electrons. The van der Waals surface area contributed by atoms with Gasteiger partial charge in [-0.05, 0) is 19.3 Å². The summed E-state index contributed by atoms with van der Waals surface area (Å²) in [4.78, 5) is 25.5. The lowest BCUT2D eigenvalue weighted by Gasteiger charge is -2.33. The molecule has 1 aliphatic heterocycles. The van der Waals surface area contributed by atoms with Gasteiger partial charge in [-0.1, -0.05) is 19.1 Å². The number of hydrogen-bond donors (Lipinski definition) is 2. The predicted octanol–water partition coefficient (Wildman–Crippen LogP) is 0.407. The molecule has 0 bridgehead atoms. The summed E-state index contributed by atoms with van der Waals surface area (Å²) < 4.78 is 0. The number of piperidine rings is 1. The summed E-state index contributed by atoms with van der Waals surface area (Å²) in [6.45, 7) is 3.31. The molecule has 0 aromatic rings. The molecule has 1 fully saturated rings. The van der Waals surface area contributed by atoms with Crippen LogP contribution in [0.25, 0.3) is 0 Å². The zero-order chi connectivity index (χ0) is 13.8. The fourth-order valence-corrected chi connectivity index (χ4v) is 2.72. The van der Waals surface area contributed by atoms with Gasteiger partial charge in [0, 0.05) is 31.6 Å². The van der Waals surface area contributed by atoms with Gasteiger partial charge in [0.25, 0.3) is 0 Å². The Bertz CT molecular complexity index is 373. The van der Waals surface area contributed by atoms with Crippen molar-refractivity contribution in [2.75, 3.05) is 13.1 Å². The second-order valence-corrected chi connectivity index (χ2v) is 5.41. The largest absolute Gasteiger partial charge is 0.353 e. The third-order valence-corrected chi connectivity index (χ3v) is 3.93. The van der Waals surface area contributed by atoms with Crippen LogP contribution in [-0.4, -0.2) is 41.9 Å². The summed E-state index contributed by atoms with van der Waals surface area (Å²) in [5.74, 6) is 0.232. The van der Waals surface area contributed by atoms with E-state index in [1.807, 2.05) is 24.0 Å². The highest BCUT2D eigenvalue weighted by Gasteiger charge is 2.30. The Labute approximate surface area is 114 Å². The number of carbonyl (C=O) groups is 2. The van der Waals surface area contributed by atoms with E-state index in [2.05, 4.69) is 5.32 Å². The fourth-order valence-electron chi connectivity index (χ4n) is 2.72. The van der Waals surface area contributed by atoms with Crippen LogP contribution in [0.3, 0.4) is 0 Å². The van der Waals surface area contributed by atoms with Crippen LogP contribution in [-0.2, 0) is 9.59 Å². The summed E-state index contributed by atoms with van der Waals surface area (Å²) in [6, 6.07) is 0.244. The maximum absolute atomic E-state index is 12.3. The standard InChI is InChI=1S/C14H23N3O2/c1-2-13(18)16-12-5-7-17(8-6-12)14(19)10-3-4-11(15)9-10/h3-4,10-12H,2,5-9,15H2,1H3,(H,16,18). The predicted molar refractivity (Wildman–Crippen MR) is 73.3 cm³/mol. The smallest absolute Gasteiger partial charge is 0.229 e. The van der Waals surface area contributed by atoms with Gasteiger partial charge >= 0.3 is 0 Å². The van der Waals surface area contributed by atoms with Crippen LogP contribution in [0.4, 0.5) is 0 Å². The van der Waals surface area contributed by atoms with E-state index in [4.69, 9.17) is 5.73 Å². The minimum absolute atomic E-state index is 0.0235. The van der Waals surface area contributed by atoms with Gasteiger partial charge < -0.3 is 16.0 Å². The van der Waals surface area contributed by atoms with Crippen molar-refractivity contribution in [2.45, 2.75) is 44.7 Å². The Balaban J connectivity index is 1.78. The van der Waals surface area contributed by atoms with Crippen LogP contribution in [0.5, 0.6) is 0 Å². The summed E-state index contributed by atoms with van der Waals surface area (Å²) in [6.07, 6.45) is 6.78. The molecule has 1 aliphatic carbocycles. The molecule has 0 aromatic carbocycles. The molecule has 5 heteroatoms. The highest BCUT2D eigenvalue weighted by molar-refractivity contribution is 5.81. The van der Waals surface area contributed by atoms with Gasteiger partial charge in [0.1, 0.15) is 0 Å². The first-order chi connectivity index (χ1) is 9.10. The second-order valence-electron chi connectivity index (χ2n) is 5.41. The molecule has 19 heavy (non-hydrogen) atoms. The Morgan fingerprint density at radius 1 is 1.32 bits per heavy atom. The Kier molecular flexibility index (Phi) is 4.58. The molecule has 2 unspecified atom stereocenters. The Morgan fingerprint density at radius 3 is 2.53 bits per heavy atom. The van der Waals surface area contributed by atoms with Crippen molar-refractivity contribution in [1.29, 1.82) is 0 Å². The third-order valence-electron chi connectivity index (χ3n) is 3.93. The monoisotopic (exact) mass is 265 g/mol. The molecule has 2 aliphatic rings. The minimum Gasteiger partial charge on any atom is -0.353 e. The molecule has 2 rings (SSSR count). The van der Waals surface area contributed by atoms with Crippen molar-refractivity contribution in [2.24, 2.45) is 11.7 Å². The number of carbonyl (C=O) groups excluding carboxylic acids is 2. The lowest BCUT2D eigenvalue weighted by molar-refractivity contribution is -0.135. The summed E-state index contributed by atoms with van der Waals surface area (Å²) in [5.41, 5.74) is 5.78. The highest BCUT2D eigenvalue weighted by Crippen LogP contribution is 2.21. The lowest BCUT2D eigenvalue weighted by atomic mass is 10.0. The zero-order valence-electron chi connectivity index (χ0n) is 11.5. The van der Waals surface area contributed by atoms with Gasteiger partial charge in [-0.25, -0.2) is 0 Å². The first kappa shape index (κ1) is 14.1. The number of nitrogens with zero attached hydrogens (tertiary/aromatic N) is 1. The normalized spacial score (nSPS) is 27.6. The van der Waals surface area contributed by atoms with Gasteiger partial charge in [-0.3, -0.25) is 9.59 Å². The van der Waals surface area contributed by atoms with E-state index >= 15 is 0 Å². The molecule has 1 heterocycles. The van der Waals surface area contributed by atoms with Crippen LogP contribution in [0, 0.1) is 5.92 Å². The first-order valence-electron chi connectivity index (χ1n) is 7.12. The molecule has 0 radical (unpaired) electrons. The van der Waals surface area contributed by atoms with Gasteiger partial charge in [0.15, 0.2) is 0 Å². The molecule has 1 saturated heterocycles. The van der Waals surface area contributed by atoms with E-state index in [9.17, 15) is 9.59 Å². The van der Waals surface area contributed by atoms with Crippen LogP contribution in [0.15, 0.2) is 12.2 Å². The fraction of sp³-hybridized carbons (Fsp3) is 0.714. The Morgan fingerprint density at radius 2 is 2.00 bits per heavy atom. The second kappa shape index (κ2) is 6.19. The number of hydrogen-bond acceptors (Lipinski definition) is 3. The molecule has 0 saturated carbocycles.